The fourth-order valence-corrected chi connectivity index (χ4v) is 2.37. The van der Waals surface area contributed by atoms with E-state index in [0.29, 0.717) is 5.76 Å². The Bertz CT molecular complexity index is 493. The summed E-state index contributed by atoms with van der Waals surface area (Å²) in [6.07, 6.45) is 1.16. The molecule has 1 N–H and O–H groups in total. The van der Waals surface area contributed by atoms with Crippen LogP contribution in [0.3, 0.4) is 0 Å². The predicted molar refractivity (Wildman–Crippen MR) is 61.4 cm³/mol. The first-order valence-corrected chi connectivity index (χ1v) is 6.98. The van der Waals surface area contributed by atoms with Crippen molar-refractivity contribution in [2.75, 3.05) is 12.0 Å². The van der Waals surface area contributed by atoms with Crippen molar-refractivity contribution in [3.05, 3.63) is 28.0 Å². The molecule has 0 saturated heterocycles. The van der Waals surface area contributed by atoms with E-state index < -0.39 is 14.8 Å². The average Bonchev–Trinajstić information content (AvgIpc) is 2.60. The van der Waals surface area contributed by atoms with Crippen molar-refractivity contribution in [3.8, 4) is 0 Å². The number of hydrogen-bond donors (Lipinski definition) is 1. The second-order valence-corrected chi connectivity index (χ2v) is 6.06. The summed E-state index contributed by atoms with van der Waals surface area (Å²) >= 11 is 0. The molecule has 7 nitrogen and oxygen atoms in total. The van der Waals surface area contributed by atoms with Crippen molar-refractivity contribution in [1.29, 1.82) is 0 Å². The number of nitro groups is 1. The number of sulfone groups is 1. The molecule has 0 aliphatic rings. The van der Waals surface area contributed by atoms with Gasteiger partial charge in [0.25, 0.3) is 0 Å². The highest BCUT2D eigenvalue weighted by molar-refractivity contribution is 7.90. The van der Waals surface area contributed by atoms with E-state index in [1.807, 2.05) is 0 Å². The van der Waals surface area contributed by atoms with Crippen LogP contribution in [0.5, 0.6) is 0 Å². The van der Waals surface area contributed by atoms with Crippen LogP contribution in [0, 0.1) is 10.1 Å². The Morgan fingerprint density at radius 2 is 2.18 bits per heavy atom. The van der Waals surface area contributed by atoms with Gasteiger partial charge in [0.1, 0.15) is 20.5 Å². The van der Waals surface area contributed by atoms with Crippen molar-refractivity contribution in [1.82, 2.24) is 5.32 Å². The SMILES string of the molecule is CC(CS(C)(=O)=O)NCc1ccc([N+](=O)[O-])o1. The molecule has 96 valence electrons. The van der Waals surface area contributed by atoms with Gasteiger partial charge in [-0.05, 0) is 13.0 Å². The molecule has 0 radical (unpaired) electrons. The molecular formula is C9H14N2O5S. The Kier molecular flexibility index (Phi) is 4.24. The molecule has 1 heterocycles. The zero-order chi connectivity index (χ0) is 13.1. The topological polar surface area (TPSA) is 102 Å². The fraction of sp³-hybridized carbons (Fsp3) is 0.556. The van der Waals surface area contributed by atoms with Gasteiger partial charge in [-0.15, -0.1) is 0 Å². The molecule has 1 aromatic rings. The van der Waals surface area contributed by atoms with Crippen LogP contribution < -0.4 is 5.32 Å². The summed E-state index contributed by atoms with van der Waals surface area (Å²) in [5.41, 5.74) is 0. The van der Waals surface area contributed by atoms with Gasteiger partial charge >= 0.3 is 5.88 Å². The highest BCUT2D eigenvalue weighted by atomic mass is 32.2. The van der Waals surface area contributed by atoms with E-state index in [-0.39, 0.29) is 24.2 Å². The molecule has 1 atom stereocenters. The van der Waals surface area contributed by atoms with Crippen molar-refractivity contribution in [2.45, 2.75) is 19.5 Å². The van der Waals surface area contributed by atoms with Gasteiger partial charge in [0.05, 0.1) is 18.4 Å². The maximum Gasteiger partial charge on any atom is 0.433 e. The molecule has 0 amide bonds. The maximum absolute atomic E-state index is 11.0. The third-order valence-corrected chi connectivity index (χ3v) is 3.11. The van der Waals surface area contributed by atoms with Gasteiger partial charge in [-0.2, -0.15) is 0 Å². The molecule has 0 aromatic carbocycles. The third kappa shape index (κ3) is 4.96. The van der Waals surface area contributed by atoms with E-state index in [1.165, 1.54) is 12.1 Å². The lowest BCUT2D eigenvalue weighted by atomic mass is 10.3. The highest BCUT2D eigenvalue weighted by Gasteiger charge is 2.14. The van der Waals surface area contributed by atoms with Crippen molar-refractivity contribution in [3.63, 3.8) is 0 Å². The molecule has 8 heteroatoms. The zero-order valence-electron chi connectivity index (χ0n) is 9.54. The summed E-state index contributed by atoms with van der Waals surface area (Å²) in [5, 5.41) is 13.3. The van der Waals surface area contributed by atoms with Crippen LogP contribution in [0.25, 0.3) is 0 Å². The highest BCUT2D eigenvalue weighted by Crippen LogP contribution is 2.15. The number of rotatable bonds is 6. The normalized spacial score (nSPS) is 13.5. The van der Waals surface area contributed by atoms with E-state index in [4.69, 9.17) is 4.42 Å². The average molecular weight is 262 g/mol. The quantitative estimate of drug-likeness (QED) is 0.598. The van der Waals surface area contributed by atoms with Crippen LogP contribution in [-0.4, -0.2) is 31.4 Å². The minimum absolute atomic E-state index is 0.00972. The van der Waals surface area contributed by atoms with Crippen LogP contribution in [0.1, 0.15) is 12.7 Å². The van der Waals surface area contributed by atoms with E-state index in [2.05, 4.69) is 5.32 Å². The minimum atomic E-state index is -3.04. The third-order valence-electron chi connectivity index (χ3n) is 2.00. The standard InChI is InChI=1S/C9H14N2O5S/c1-7(6-17(2,14)15)10-5-8-3-4-9(16-8)11(12)13/h3-4,7,10H,5-6H2,1-2H3. The van der Waals surface area contributed by atoms with Gasteiger partial charge in [0.15, 0.2) is 0 Å². The van der Waals surface area contributed by atoms with Crippen LogP contribution in [0.2, 0.25) is 0 Å². The summed E-state index contributed by atoms with van der Waals surface area (Å²) in [5.74, 6) is 0.0881. The molecule has 0 spiro atoms. The number of hydrogen-bond acceptors (Lipinski definition) is 6. The molecule has 0 aliphatic carbocycles. The zero-order valence-corrected chi connectivity index (χ0v) is 10.4. The second-order valence-electron chi connectivity index (χ2n) is 3.87. The molecule has 17 heavy (non-hydrogen) atoms. The largest absolute Gasteiger partial charge is 0.433 e. The van der Waals surface area contributed by atoms with E-state index in [9.17, 15) is 18.5 Å². The van der Waals surface area contributed by atoms with Gasteiger partial charge < -0.3 is 9.73 Å². The first kappa shape index (κ1) is 13.7. The number of nitrogens with one attached hydrogen (secondary N) is 1. The molecule has 1 unspecified atom stereocenters. The van der Waals surface area contributed by atoms with Gasteiger partial charge in [0, 0.05) is 12.3 Å². The summed E-state index contributed by atoms with van der Waals surface area (Å²) in [6.45, 7) is 1.98. The molecule has 0 saturated carbocycles. The van der Waals surface area contributed by atoms with E-state index >= 15 is 0 Å². The summed E-state index contributed by atoms with van der Waals surface area (Å²) < 4.78 is 26.9. The fourth-order valence-electron chi connectivity index (χ4n) is 1.35. The van der Waals surface area contributed by atoms with Gasteiger partial charge in [-0.25, -0.2) is 8.42 Å². The Balaban J connectivity index is 2.47. The van der Waals surface area contributed by atoms with Crippen molar-refractivity contribution >= 4 is 15.7 Å². The van der Waals surface area contributed by atoms with E-state index in [1.54, 1.807) is 6.92 Å². The minimum Gasteiger partial charge on any atom is -0.404 e. The molecule has 0 fully saturated rings. The van der Waals surface area contributed by atoms with Crippen LogP contribution in [0.15, 0.2) is 16.5 Å². The van der Waals surface area contributed by atoms with Gasteiger partial charge in [-0.1, -0.05) is 0 Å². The monoisotopic (exact) mass is 262 g/mol. The lowest BCUT2D eigenvalue weighted by Crippen LogP contribution is -2.32. The van der Waals surface area contributed by atoms with Gasteiger partial charge in [0.2, 0.25) is 0 Å². The first-order chi connectivity index (χ1) is 7.78. The van der Waals surface area contributed by atoms with Crippen LogP contribution >= 0.6 is 0 Å². The summed E-state index contributed by atoms with van der Waals surface area (Å²) in [6, 6.07) is 2.51. The molecule has 1 rings (SSSR count). The Morgan fingerprint density at radius 1 is 1.53 bits per heavy atom. The van der Waals surface area contributed by atoms with Crippen LogP contribution in [-0.2, 0) is 16.4 Å². The Hall–Kier alpha value is -1.41. The van der Waals surface area contributed by atoms with Gasteiger partial charge in [-0.3, -0.25) is 10.1 Å². The maximum atomic E-state index is 11.0. The molecule has 0 aliphatic heterocycles. The van der Waals surface area contributed by atoms with Crippen LogP contribution in [0.4, 0.5) is 5.88 Å². The molecular weight excluding hydrogens is 248 g/mol. The summed E-state index contributed by atoms with van der Waals surface area (Å²) in [7, 11) is -3.04. The van der Waals surface area contributed by atoms with Crippen molar-refractivity contribution in [2.24, 2.45) is 0 Å². The van der Waals surface area contributed by atoms with E-state index in [0.717, 1.165) is 6.26 Å². The predicted octanol–water partition coefficient (Wildman–Crippen LogP) is 0.711. The summed E-state index contributed by atoms with van der Waals surface area (Å²) in [4.78, 5) is 9.73. The lowest BCUT2D eigenvalue weighted by Gasteiger charge is -2.10. The molecule has 1 aromatic heterocycles. The first-order valence-electron chi connectivity index (χ1n) is 4.92. The number of nitrogens with zero attached hydrogens (tertiary/aromatic N) is 1. The smallest absolute Gasteiger partial charge is 0.404 e. The van der Waals surface area contributed by atoms with Crippen molar-refractivity contribution < 1.29 is 17.8 Å². The lowest BCUT2D eigenvalue weighted by molar-refractivity contribution is -0.402. The molecule has 0 bridgehead atoms. The number of furan rings is 1. The Labute approximate surface area is 98.9 Å². The second kappa shape index (κ2) is 5.28. The Morgan fingerprint density at radius 3 is 2.65 bits per heavy atom.